The molecule has 116 valence electrons. The van der Waals surface area contributed by atoms with Crippen molar-refractivity contribution in [3.05, 3.63) is 35.4 Å². The van der Waals surface area contributed by atoms with Crippen molar-refractivity contribution in [2.45, 2.75) is 19.5 Å². The molecule has 0 aromatic heterocycles. The van der Waals surface area contributed by atoms with Crippen molar-refractivity contribution in [2.24, 2.45) is 5.92 Å². The second kappa shape index (κ2) is 6.95. The molecular formula is C15H20F2N2O2. The minimum absolute atomic E-state index is 0.0111. The molecule has 1 aliphatic heterocycles. The first-order valence-electron chi connectivity index (χ1n) is 7.03. The van der Waals surface area contributed by atoms with Crippen molar-refractivity contribution < 1.29 is 18.3 Å². The number of halogens is 2. The van der Waals surface area contributed by atoms with Crippen LogP contribution in [0.4, 0.5) is 8.78 Å². The third-order valence-corrected chi connectivity index (χ3v) is 3.66. The van der Waals surface area contributed by atoms with E-state index in [2.05, 4.69) is 5.32 Å². The van der Waals surface area contributed by atoms with Crippen LogP contribution in [0.5, 0.6) is 0 Å². The van der Waals surface area contributed by atoms with Gasteiger partial charge in [0.25, 0.3) is 0 Å². The van der Waals surface area contributed by atoms with Crippen molar-refractivity contribution in [3.63, 3.8) is 0 Å². The van der Waals surface area contributed by atoms with Gasteiger partial charge in [-0.25, -0.2) is 8.78 Å². The number of benzene rings is 1. The van der Waals surface area contributed by atoms with Gasteiger partial charge in [-0.1, -0.05) is 13.0 Å². The molecule has 2 atom stereocenters. The Labute approximate surface area is 123 Å². The quantitative estimate of drug-likeness (QED) is 0.897. The Morgan fingerprint density at radius 3 is 2.86 bits per heavy atom. The molecule has 1 heterocycles. The molecule has 0 bridgehead atoms. The van der Waals surface area contributed by atoms with E-state index in [0.29, 0.717) is 18.8 Å². The lowest BCUT2D eigenvalue weighted by molar-refractivity contribution is -0.135. The smallest absolute Gasteiger partial charge is 0.229 e. The van der Waals surface area contributed by atoms with Gasteiger partial charge in [0, 0.05) is 31.3 Å². The molecule has 1 fully saturated rings. The van der Waals surface area contributed by atoms with Crippen LogP contribution in [0.2, 0.25) is 0 Å². The van der Waals surface area contributed by atoms with Crippen LogP contribution in [-0.2, 0) is 16.1 Å². The van der Waals surface area contributed by atoms with Crippen molar-refractivity contribution in [3.8, 4) is 0 Å². The number of nitrogens with one attached hydrogen (secondary N) is 1. The van der Waals surface area contributed by atoms with Crippen molar-refractivity contribution >= 4 is 5.91 Å². The summed E-state index contributed by atoms with van der Waals surface area (Å²) in [6, 6.07) is 3.37. The Morgan fingerprint density at radius 2 is 2.19 bits per heavy atom. The van der Waals surface area contributed by atoms with Crippen LogP contribution in [0, 0.1) is 17.6 Å². The number of amides is 1. The second-order valence-corrected chi connectivity index (χ2v) is 5.24. The molecular weight excluding hydrogens is 278 g/mol. The number of hydrogen-bond donors (Lipinski definition) is 1. The van der Waals surface area contributed by atoms with E-state index in [4.69, 9.17) is 4.74 Å². The fourth-order valence-electron chi connectivity index (χ4n) is 2.53. The van der Waals surface area contributed by atoms with E-state index in [1.165, 1.54) is 17.0 Å². The molecule has 21 heavy (non-hydrogen) atoms. The maximum atomic E-state index is 13.6. The fourth-order valence-corrected chi connectivity index (χ4v) is 2.53. The predicted molar refractivity (Wildman–Crippen MR) is 74.6 cm³/mol. The van der Waals surface area contributed by atoms with Gasteiger partial charge in [0.1, 0.15) is 11.6 Å². The highest BCUT2D eigenvalue weighted by Crippen LogP contribution is 2.18. The average Bonchev–Trinajstić information content (AvgIpc) is 2.89. The summed E-state index contributed by atoms with van der Waals surface area (Å²) in [5.74, 6) is -1.62. The normalized spacial score (nSPS) is 21.5. The molecule has 2 unspecified atom stereocenters. The maximum absolute atomic E-state index is 13.6. The van der Waals surface area contributed by atoms with E-state index in [9.17, 15) is 13.6 Å². The van der Waals surface area contributed by atoms with Gasteiger partial charge >= 0.3 is 0 Å². The summed E-state index contributed by atoms with van der Waals surface area (Å²) < 4.78 is 31.9. The first-order chi connectivity index (χ1) is 10.0. The van der Waals surface area contributed by atoms with Gasteiger partial charge in [-0.15, -0.1) is 0 Å². The highest BCUT2D eigenvalue weighted by molar-refractivity contribution is 5.79. The van der Waals surface area contributed by atoms with E-state index in [0.717, 1.165) is 12.6 Å². The molecule has 6 heteroatoms. The summed E-state index contributed by atoms with van der Waals surface area (Å²) in [7, 11) is 1.62. The lowest BCUT2D eigenvalue weighted by Crippen LogP contribution is -2.44. The van der Waals surface area contributed by atoms with Gasteiger partial charge in [-0.05, 0) is 12.6 Å². The zero-order valence-corrected chi connectivity index (χ0v) is 12.2. The molecule has 0 radical (unpaired) electrons. The van der Waals surface area contributed by atoms with Gasteiger partial charge in [0.2, 0.25) is 5.91 Å². The topological polar surface area (TPSA) is 41.6 Å². The molecule has 0 aliphatic carbocycles. The number of carbonyl (C=O) groups is 1. The average molecular weight is 298 g/mol. The number of ether oxygens (including phenoxy) is 1. The van der Waals surface area contributed by atoms with Crippen molar-refractivity contribution in [1.82, 2.24) is 10.2 Å². The third-order valence-electron chi connectivity index (χ3n) is 3.66. The molecule has 0 saturated carbocycles. The predicted octanol–water partition coefficient (Wildman–Crippen LogP) is 1.55. The number of carbonyl (C=O) groups excluding carboxylic acids is 1. The Balaban J connectivity index is 2.02. The lowest BCUT2D eigenvalue weighted by atomic mass is 10.0. The molecule has 1 aromatic carbocycles. The summed E-state index contributed by atoms with van der Waals surface area (Å²) in [5.41, 5.74) is 0.297. The maximum Gasteiger partial charge on any atom is 0.229 e. The van der Waals surface area contributed by atoms with E-state index in [1.807, 2.05) is 6.92 Å². The zero-order valence-electron chi connectivity index (χ0n) is 12.2. The van der Waals surface area contributed by atoms with Gasteiger partial charge in [-0.2, -0.15) is 0 Å². The largest absolute Gasteiger partial charge is 0.379 e. The minimum atomic E-state index is -0.638. The summed E-state index contributed by atoms with van der Waals surface area (Å²) >= 11 is 0. The molecule has 1 aromatic rings. The van der Waals surface area contributed by atoms with Gasteiger partial charge < -0.3 is 15.0 Å². The van der Waals surface area contributed by atoms with Crippen LogP contribution < -0.4 is 5.32 Å². The van der Waals surface area contributed by atoms with Gasteiger partial charge in [0.15, 0.2) is 0 Å². The summed E-state index contributed by atoms with van der Waals surface area (Å²) in [6.07, 6.45) is 0. The molecule has 1 N–H and O–H groups in total. The van der Waals surface area contributed by atoms with Crippen LogP contribution in [0.15, 0.2) is 18.2 Å². The monoisotopic (exact) mass is 298 g/mol. The third kappa shape index (κ3) is 3.77. The first kappa shape index (κ1) is 15.9. The van der Waals surface area contributed by atoms with Crippen LogP contribution in [0.3, 0.4) is 0 Å². The number of hydrogen-bond acceptors (Lipinski definition) is 3. The number of rotatable bonds is 5. The zero-order chi connectivity index (χ0) is 15.4. The second-order valence-electron chi connectivity index (χ2n) is 5.24. The van der Waals surface area contributed by atoms with E-state index in [-0.39, 0.29) is 24.4 Å². The van der Waals surface area contributed by atoms with E-state index < -0.39 is 11.6 Å². The van der Waals surface area contributed by atoms with E-state index in [1.54, 1.807) is 7.05 Å². The minimum Gasteiger partial charge on any atom is -0.379 e. The molecule has 4 nitrogen and oxygen atoms in total. The van der Waals surface area contributed by atoms with Crippen molar-refractivity contribution in [2.75, 3.05) is 26.8 Å². The van der Waals surface area contributed by atoms with Crippen LogP contribution in [-0.4, -0.2) is 43.7 Å². The van der Waals surface area contributed by atoms with Crippen LogP contribution >= 0.6 is 0 Å². The van der Waals surface area contributed by atoms with Gasteiger partial charge in [0.05, 0.1) is 19.1 Å². The molecule has 1 amide bonds. The van der Waals surface area contributed by atoms with Crippen LogP contribution in [0.1, 0.15) is 12.5 Å². The SMILES string of the molecule is CCNC1COCC1C(=O)N(C)Cc1ccc(F)cc1F. The van der Waals surface area contributed by atoms with Crippen molar-refractivity contribution in [1.29, 1.82) is 0 Å². The lowest BCUT2D eigenvalue weighted by Gasteiger charge is -2.24. The number of likely N-dealkylation sites (N-methyl/N-ethyl adjacent to an activating group) is 1. The summed E-state index contributed by atoms with van der Waals surface area (Å²) in [4.78, 5) is 13.9. The highest BCUT2D eigenvalue weighted by Gasteiger charge is 2.35. The summed E-state index contributed by atoms with van der Waals surface area (Å²) in [5, 5.41) is 3.22. The first-order valence-corrected chi connectivity index (χ1v) is 7.03. The van der Waals surface area contributed by atoms with Gasteiger partial charge in [-0.3, -0.25) is 4.79 Å². The summed E-state index contributed by atoms with van der Waals surface area (Å²) in [6.45, 7) is 3.71. The highest BCUT2D eigenvalue weighted by atomic mass is 19.1. The molecule has 1 saturated heterocycles. The Bertz CT molecular complexity index is 510. The molecule has 2 rings (SSSR count). The molecule has 1 aliphatic rings. The standard InChI is InChI=1S/C15H20F2N2O2/c1-3-18-14-9-21-8-12(14)15(20)19(2)7-10-4-5-11(16)6-13(10)17/h4-6,12,14,18H,3,7-9H2,1-2H3. The van der Waals surface area contributed by atoms with E-state index >= 15 is 0 Å². The fraction of sp³-hybridized carbons (Fsp3) is 0.533. The Kier molecular flexibility index (Phi) is 5.25. The number of nitrogens with zero attached hydrogens (tertiary/aromatic N) is 1. The Hall–Kier alpha value is -1.53. The molecule has 0 spiro atoms. The van der Waals surface area contributed by atoms with Crippen LogP contribution in [0.25, 0.3) is 0 Å². The Morgan fingerprint density at radius 1 is 1.43 bits per heavy atom.